The number of halogens is 1. The summed E-state index contributed by atoms with van der Waals surface area (Å²) < 4.78 is 3.20. The van der Waals surface area contributed by atoms with Crippen molar-refractivity contribution in [1.82, 2.24) is 39.2 Å². The predicted molar refractivity (Wildman–Crippen MR) is 157 cm³/mol. The predicted octanol–water partition coefficient (Wildman–Crippen LogP) is 3.77. The summed E-state index contributed by atoms with van der Waals surface area (Å²) in [5, 5.41) is 3.94. The first kappa shape index (κ1) is 25.7. The van der Waals surface area contributed by atoms with Crippen LogP contribution >= 0.6 is 11.6 Å². The van der Waals surface area contributed by atoms with Gasteiger partial charge in [-0.2, -0.15) is 4.98 Å². The van der Waals surface area contributed by atoms with Gasteiger partial charge in [0.2, 0.25) is 5.95 Å². The van der Waals surface area contributed by atoms with E-state index in [4.69, 9.17) is 21.6 Å². The maximum Gasteiger partial charge on any atom is 0.278 e. The Hall–Kier alpha value is -4.61. The fraction of sp³-hybridized carbons (Fsp3) is 0.214. The number of fused-ring (bicyclic) bond motifs is 1. The lowest BCUT2D eigenvalue weighted by Crippen LogP contribution is -2.44. The van der Waals surface area contributed by atoms with Crippen LogP contribution in [-0.2, 0) is 6.54 Å². The van der Waals surface area contributed by atoms with Crippen molar-refractivity contribution in [3.05, 3.63) is 89.2 Å². The summed E-state index contributed by atoms with van der Waals surface area (Å²) in [5.41, 5.74) is 3.34. The number of hydrogen-bond donors (Lipinski definition) is 1. The SMILES string of the molecule is C=CCn1c(=O)c2cnc(Nc3ccc(N4CCN(C)CC4)cc3)nc2n1-c1cccc(-c2cnc(Cl)cn2)n1. The van der Waals surface area contributed by atoms with Crippen LogP contribution in [0.5, 0.6) is 0 Å². The van der Waals surface area contributed by atoms with E-state index in [9.17, 15) is 4.79 Å². The molecule has 4 aromatic heterocycles. The van der Waals surface area contributed by atoms with Crippen LogP contribution < -0.4 is 15.8 Å². The molecule has 0 spiro atoms. The van der Waals surface area contributed by atoms with Gasteiger partial charge in [-0.3, -0.25) is 4.79 Å². The molecule has 40 heavy (non-hydrogen) atoms. The summed E-state index contributed by atoms with van der Waals surface area (Å²) >= 11 is 5.90. The Morgan fingerprint density at radius 3 is 2.48 bits per heavy atom. The molecule has 1 aliphatic rings. The smallest absolute Gasteiger partial charge is 0.278 e. The number of aromatic nitrogens is 7. The highest BCUT2D eigenvalue weighted by atomic mass is 35.5. The summed E-state index contributed by atoms with van der Waals surface area (Å²) in [6, 6.07) is 13.7. The largest absolute Gasteiger partial charge is 0.369 e. The zero-order valence-electron chi connectivity index (χ0n) is 21.9. The van der Waals surface area contributed by atoms with Gasteiger partial charge in [0.1, 0.15) is 16.2 Å². The molecule has 202 valence electrons. The minimum atomic E-state index is -0.239. The highest BCUT2D eigenvalue weighted by Crippen LogP contribution is 2.23. The van der Waals surface area contributed by atoms with Gasteiger partial charge in [0.25, 0.3) is 5.56 Å². The second-order valence-corrected chi connectivity index (χ2v) is 9.87. The Bertz CT molecular complexity index is 1720. The number of benzene rings is 1. The van der Waals surface area contributed by atoms with Gasteiger partial charge in [0.15, 0.2) is 11.5 Å². The zero-order valence-corrected chi connectivity index (χ0v) is 22.7. The number of hydrogen-bond acceptors (Lipinski definition) is 9. The lowest BCUT2D eigenvalue weighted by Gasteiger charge is -2.34. The van der Waals surface area contributed by atoms with Crippen molar-refractivity contribution >= 4 is 40.0 Å². The van der Waals surface area contributed by atoms with Crippen molar-refractivity contribution in [2.24, 2.45) is 0 Å². The van der Waals surface area contributed by atoms with Gasteiger partial charge in [0, 0.05) is 43.8 Å². The number of likely N-dealkylation sites (N-methyl/N-ethyl adjacent to an activating group) is 1. The van der Waals surface area contributed by atoms with Gasteiger partial charge >= 0.3 is 0 Å². The van der Waals surface area contributed by atoms with Gasteiger partial charge in [0.05, 0.1) is 24.6 Å². The number of rotatable bonds is 7. The number of nitrogens with zero attached hydrogens (tertiary/aromatic N) is 9. The number of pyridine rings is 1. The quantitative estimate of drug-likeness (QED) is 0.301. The number of nitrogens with one attached hydrogen (secondary N) is 1. The molecule has 1 N–H and O–H groups in total. The summed E-state index contributed by atoms with van der Waals surface area (Å²) in [6.07, 6.45) is 6.21. The number of piperazine rings is 1. The van der Waals surface area contributed by atoms with Crippen LogP contribution in [-0.4, -0.2) is 72.4 Å². The van der Waals surface area contributed by atoms with Crippen LogP contribution in [0.4, 0.5) is 17.3 Å². The minimum Gasteiger partial charge on any atom is -0.369 e. The summed E-state index contributed by atoms with van der Waals surface area (Å²) in [5.74, 6) is 0.855. The van der Waals surface area contributed by atoms with Crippen LogP contribution in [0.1, 0.15) is 0 Å². The average molecular weight is 555 g/mol. The highest BCUT2D eigenvalue weighted by Gasteiger charge is 2.19. The Labute approximate surface area is 235 Å². The summed E-state index contributed by atoms with van der Waals surface area (Å²) in [4.78, 5) is 40.3. The van der Waals surface area contributed by atoms with E-state index >= 15 is 0 Å². The minimum absolute atomic E-state index is 0.239. The van der Waals surface area contributed by atoms with Crippen molar-refractivity contribution < 1.29 is 0 Å². The third-order valence-corrected chi connectivity index (χ3v) is 7.00. The fourth-order valence-electron chi connectivity index (χ4n) is 4.69. The van der Waals surface area contributed by atoms with Crippen LogP contribution in [0.3, 0.4) is 0 Å². The van der Waals surface area contributed by atoms with E-state index in [2.05, 4.69) is 55.8 Å². The van der Waals surface area contributed by atoms with Crippen LogP contribution in [0.15, 0.2) is 78.5 Å². The van der Waals surface area contributed by atoms with Crippen molar-refractivity contribution in [1.29, 1.82) is 0 Å². The second kappa shape index (κ2) is 10.9. The van der Waals surface area contributed by atoms with E-state index < -0.39 is 0 Å². The zero-order chi connectivity index (χ0) is 27.6. The molecule has 0 unspecified atom stereocenters. The van der Waals surface area contributed by atoms with Crippen molar-refractivity contribution in [3.8, 4) is 17.2 Å². The molecule has 0 saturated carbocycles. The molecule has 1 aliphatic heterocycles. The Morgan fingerprint density at radius 1 is 0.950 bits per heavy atom. The van der Waals surface area contributed by atoms with E-state index in [1.165, 1.54) is 22.8 Å². The third kappa shape index (κ3) is 5.04. The molecule has 0 aliphatic carbocycles. The molecular formula is C28H27ClN10O. The molecule has 0 amide bonds. The van der Waals surface area contributed by atoms with E-state index in [-0.39, 0.29) is 12.1 Å². The standard InChI is InChI=1S/C28H27ClN10O/c1-3-11-38-27(40)21-16-32-28(33-19-7-9-20(10-8-19)37-14-12-36(2)13-15-37)35-26(21)39(38)25-6-4-5-22(34-25)23-17-31-24(29)18-30-23/h3-10,16-18H,1,11-15H2,2H3,(H,32,33,35). The van der Waals surface area contributed by atoms with Crippen molar-refractivity contribution in [2.45, 2.75) is 6.54 Å². The molecule has 12 heteroatoms. The molecule has 6 rings (SSSR count). The van der Waals surface area contributed by atoms with Gasteiger partial charge in [-0.15, -0.1) is 6.58 Å². The summed E-state index contributed by atoms with van der Waals surface area (Å²) in [6.45, 7) is 8.18. The first-order valence-corrected chi connectivity index (χ1v) is 13.2. The summed E-state index contributed by atoms with van der Waals surface area (Å²) in [7, 11) is 2.15. The molecule has 5 aromatic rings. The maximum absolute atomic E-state index is 13.3. The van der Waals surface area contributed by atoms with Crippen LogP contribution in [0.2, 0.25) is 5.15 Å². The van der Waals surface area contributed by atoms with Gasteiger partial charge in [-0.25, -0.2) is 29.3 Å². The molecule has 0 atom stereocenters. The first-order valence-electron chi connectivity index (χ1n) is 12.9. The topological polar surface area (TPSA) is 110 Å². The van der Waals surface area contributed by atoms with Crippen molar-refractivity contribution in [2.75, 3.05) is 43.4 Å². The Morgan fingerprint density at radius 2 is 1.75 bits per heavy atom. The lowest BCUT2D eigenvalue weighted by atomic mass is 10.2. The molecule has 0 radical (unpaired) electrons. The molecule has 1 saturated heterocycles. The lowest BCUT2D eigenvalue weighted by molar-refractivity contribution is 0.313. The molecule has 1 aromatic carbocycles. The Kier molecular flexibility index (Phi) is 6.97. The van der Waals surface area contributed by atoms with Gasteiger partial charge in [-0.05, 0) is 43.4 Å². The highest BCUT2D eigenvalue weighted by molar-refractivity contribution is 6.29. The average Bonchev–Trinajstić information content (AvgIpc) is 3.25. The monoisotopic (exact) mass is 554 g/mol. The van der Waals surface area contributed by atoms with E-state index in [0.717, 1.165) is 31.9 Å². The third-order valence-electron chi connectivity index (χ3n) is 6.80. The van der Waals surface area contributed by atoms with Crippen LogP contribution in [0.25, 0.3) is 28.2 Å². The van der Waals surface area contributed by atoms with E-state index in [0.29, 0.717) is 39.3 Å². The first-order chi connectivity index (χ1) is 19.5. The van der Waals surface area contributed by atoms with Crippen molar-refractivity contribution in [3.63, 3.8) is 0 Å². The normalized spacial score (nSPS) is 14.0. The molecule has 1 fully saturated rings. The number of anilines is 3. The van der Waals surface area contributed by atoms with Gasteiger partial charge in [-0.1, -0.05) is 23.7 Å². The molecule has 11 nitrogen and oxygen atoms in total. The maximum atomic E-state index is 13.3. The van der Waals surface area contributed by atoms with E-state index in [1.807, 2.05) is 24.3 Å². The fourth-order valence-corrected chi connectivity index (χ4v) is 4.78. The van der Waals surface area contributed by atoms with Gasteiger partial charge < -0.3 is 15.1 Å². The van der Waals surface area contributed by atoms with Crippen LogP contribution in [0, 0.1) is 0 Å². The van der Waals surface area contributed by atoms with E-state index in [1.54, 1.807) is 23.0 Å². The molecule has 5 heterocycles. The molecular weight excluding hydrogens is 528 g/mol. The second-order valence-electron chi connectivity index (χ2n) is 9.49. The Balaban J connectivity index is 1.35. The number of allylic oxidation sites excluding steroid dienone is 1. The molecule has 0 bridgehead atoms.